The first-order chi connectivity index (χ1) is 18.4. The molecule has 4 rings (SSSR count). The standard InChI is InChI=1S/C35H58O3Si/c1-24(2)39(25(3)4,26(5)6)38-35-21-15-11-14-18-29(35)23-31(35)33(36)37-32-22-27(7)19-20-30(32)34(8,9)28-16-12-10-13-17-28/h10,12-13,16-17,24-27,29-32H,11,14-15,18-23H2,1-9H3/t27-,29+,30-,31+,32-,35-/m1/s1. The Morgan fingerprint density at radius 3 is 2.15 bits per heavy atom. The van der Waals surface area contributed by atoms with E-state index in [1.807, 2.05) is 0 Å². The fourth-order valence-corrected chi connectivity index (χ4v) is 15.1. The molecule has 3 aliphatic rings. The number of hydrogen-bond donors (Lipinski definition) is 0. The molecule has 0 radical (unpaired) electrons. The van der Waals surface area contributed by atoms with Gasteiger partial charge in [-0.05, 0) is 71.5 Å². The van der Waals surface area contributed by atoms with Crippen LogP contribution in [0.25, 0.3) is 0 Å². The zero-order valence-corrected chi connectivity index (χ0v) is 27.6. The molecule has 39 heavy (non-hydrogen) atoms. The van der Waals surface area contributed by atoms with Gasteiger partial charge in [-0.2, -0.15) is 0 Å². The number of esters is 1. The highest BCUT2D eigenvalue weighted by molar-refractivity contribution is 6.77. The first kappa shape index (κ1) is 30.8. The molecule has 220 valence electrons. The summed E-state index contributed by atoms with van der Waals surface area (Å²) in [6.07, 6.45) is 10.1. The third kappa shape index (κ3) is 5.68. The molecule has 4 heteroatoms. The molecule has 6 atom stereocenters. The summed E-state index contributed by atoms with van der Waals surface area (Å²) in [5.41, 5.74) is 2.54. The van der Waals surface area contributed by atoms with Crippen LogP contribution in [0.1, 0.15) is 126 Å². The number of carbonyl (C=O) groups is 1. The topological polar surface area (TPSA) is 35.5 Å². The van der Waals surface area contributed by atoms with Crippen molar-refractivity contribution in [2.75, 3.05) is 0 Å². The summed E-state index contributed by atoms with van der Waals surface area (Å²) < 4.78 is 14.4. The molecule has 0 heterocycles. The number of hydrogen-bond acceptors (Lipinski definition) is 3. The predicted octanol–water partition coefficient (Wildman–Crippen LogP) is 9.84. The molecular formula is C35H58O3Si. The van der Waals surface area contributed by atoms with Crippen LogP contribution in [0.2, 0.25) is 16.6 Å². The molecule has 0 aromatic heterocycles. The minimum atomic E-state index is -2.15. The van der Waals surface area contributed by atoms with E-state index in [-0.39, 0.29) is 29.0 Å². The van der Waals surface area contributed by atoms with Crippen molar-refractivity contribution in [3.63, 3.8) is 0 Å². The van der Waals surface area contributed by atoms with Crippen molar-refractivity contribution in [3.8, 4) is 0 Å². The van der Waals surface area contributed by atoms with E-state index < -0.39 is 8.32 Å². The van der Waals surface area contributed by atoms with E-state index in [0.29, 0.717) is 34.4 Å². The van der Waals surface area contributed by atoms with Crippen molar-refractivity contribution in [1.82, 2.24) is 0 Å². The van der Waals surface area contributed by atoms with Gasteiger partial charge in [0.1, 0.15) is 6.10 Å². The SMILES string of the molecule is CC(C)[Si](O[C@]12CCCCC[C@H]1C[C@H]2C(=O)O[C@@H]1C[C@H](C)CC[C@H]1C(C)(C)c1ccccc1)(C(C)C)C(C)C. The fraction of sp³-hybridized carbons (Fsp3) is 0.800. The molecule has 0 aliphatic heterocycles. The zero-order valence-electron chi connectivity index (χ0n) is 26.6. The number of ether oxygens (including phenoxy) is 1. The van der Waals surface area contributed by atoms with E-state index >= 15 is 0 Å². The van der Waals surface area contributed by atoms with Crippen LogP contribution >= 0.6 is 0 Å². The van der Waals surface area contributed by atoms with Crippen LogP contribution in [-0.4, -0.2) is 26.0 Å². The minimum Gasteiger partial charge on any atom is -0.462 e. The Morgan fingerprint density at radius 1 is 0.897 bits per heavy atom. The average Bonchev–Trinajstić information content (AvgIpc) is 3.01. The van der Waals surface area contributed by atoms with Crippen LogP contribution in [0.5, 0.6) is 0 Å². The summed E-state index contributed by atoms with van der Waals surface area (Å²) in [7, 11) is -2.15. The highest BCUT2D eigenvalue weighted by Gasteiger charge is 2.64. The van der Waals surface area contributed by atoms with E-state index in [4.69, 9.17) is 9.16 Å². The lowest BCUT2D eigenvalue weighted by Gasteiger charge is -2.60. The largest absolute Gasteiger partial charge is 0.462 e. The Balaban J connectivity index is 1.63. The summed E-state index contributed by atoms with van der Waals surface area (Å²) in [6, 6.07) is 10.9. The second kappa shape index (κ2) is 12.0. The molecule has 3 saturated carbocycles. The van der Waals surface area contributed by atoms with Crippen LogP contribution in [0.15, 0.2) is 30.3 Å². The molecule has 0 bridgehead atoms. The van der Waals surface area contributed by atoms with Crippen molar-refractivity contribution in [3.05, 3.63) is 35.9 Å². The number of rotatable bonds is 9. The van der Waals surface area contributed by atoms with Crippen molar-refractivity contribution >= 4 is 14.3 Å². The van der Waals surface area contributed by atoms with Crippen LogP contribution in [0.3, 0.4) is 0 Å². The lowest BCUT2D eigenvalue weighted by molar-refractivity contribution is -0.197. The summed E-state index contributed by atoms with van der Waals surface area (Å²) in [5.74, 6) is 1.35. The van der Waals surface area contributed by atoms with Gasteiger partial charge in [0.2, 0.25) is 8.32 Å². The minimum absolute atomic E-state index is 0.0272. The van der Waals surface area contributed by atoms with Gasteiger partial charge in [-0.15, -0.1) is 0 Å². The lowest BCUT2D eigenvalue weighted by Crippen LogP contribution is -2.67. The summed E-state index contributed by atoms with van der Waals surface area (Å²) in [6.45, 7) is 21.3. The van der Waals surface area contributed by atoms with Crippen molar-refractivity contribution in [2.45, 2.75) is 154 Å². The Bertz CT molecular complexity index is 932. The number of fused-ring (bicyclic) bond motifs is 1. The smallest absolute Gasteiger partial charge is 0.312 e. The summed E-state index contributed by atoms with van der Waals surface area (Å²) in [5, 5.41) is 0. The van der Waals surface area contributed by atoms with Gasteiger partial charge >= 0.3 is 5.97 Å². The van der Waals surface area contributed by atoms with Gasteiger partial charge in [-0.3, -0.25) is 4.79 Å². The normalized spacial score (nSPS) is 32.1. The molecule has 0 N–H and O–H groups in total. The Hall–Kier alpha value is -1.13. The third-order valence-electron chi connectivity index (χ3n) is 11.5. The Morgan fingerprint density at radius 2 is 1.54 bits per heavy atom. The Kier molecular flexibility index (Phi) is 9.48. The van der Waals surface area contributed by atoms with Gasteiger partial charge in [0.15, 0.2) is 0 Å². The molecule has 3 fully saturated rings. The van der Waals surface area contributed by atoms with Crippen LogP contribution in [-0.2, 0) is 19.4 Å². The zero-order chi connectivity index (χ0) is 28.6. The second-order valence-corrected chi connectivity index (χ2v) is 20.4. The quantitative estimate of drug-likeness (QED) is 0.225. The third-order valence-corrected chi connectivity index (χ3v) is 17.7. The van der Waals surface area contributed by atoms with Gasteiger partial charge in [0.25, 0.3) is 0 Å². The molecule has 3 aliphatic carbocycles. The van der Waals surface area contributed by atoms with E-state index in [2.05, 4.69) is 92.6 Å². The molecule has 3 nitrogen and oxygen atoms in total. The van der Waals surface area contributed by atoms with Gasteiger partial charge in [-0.25, -0.2) is 0 Å². The second-order valence-electron chi connectivity index (χ2n) is 15.0. The van der Waals surface area contributed by atoms with Gasteiger partial charge in [0, 0.05) is 5.92 Å². The first-order valence-electron chi connectivity index (χ1n) is 16.3. The summed E-state index contributed by atoms with van der Waals surface area (Å²) >= 11 is 0. The fourth-order valence-electron chi connectivity index (χ4n) is 9.30. The lowest BCUT2D eigenvalue weighted by atomic mass is 9.58. The Labute approximate surface area is 241 Å². The maximum absolute atomic E-state index is 14.3. The average molecular weight is 555 g/mol. The van der Waals surface area contributed by atoms with E-state index in [1.54, 1.807) is 0 Å². The van der Waals surface area contributed by atoms with E-state index in [1.165, 1.54) is 37.7 Å². The molecule has 0 amide bonds. The van der Waals surface area contributed by atoms with Crippen molar-refractivity contribution in [1.29, 1.82) is 0 Å². The molecular weight excluding hydrogens is 496 g/mol. The number of benzene rings is 1. The molecule has 0 unspecified atom stereocenters. The van der Waals surface area contributed by atoms with E-state index in [9.17, 15) is 4.79 Å². The van der Waals surface area contributed by atoms with E-state index in [0.717, 1.165) is 25.7 Å². The van der Waals surface area contributed by atoms with Crippen molar-refractivity contribution < 1.29 is 14.0 Å². The van der Waals surface area contributed by atoms with Crippen molar-refractivity contribution in [2.24, 2.45) is 23.7 Å². The molecule has 0 spiro atoms. The van der Waals surface area contributed by atoms with Crippen LogP contribution in [0.4, 0.5) is 0 Å². The molecule has 0 saturated heterocycles. The highest BCUT2D eigenvalue weighted by Crippen LogP contribution is 2.59. The summed E-state index contributed by atoms with van der Waals surface area (Å²) in [4.78, 5) is 14.3. The van der Waals surface area contributed by atoms with Gasteiger partial charge < -0.3 is 9.16 Å². The maximum atomic E-state index is 14.3. The highest BCUT2D eigenvalue weighted by atomic mass is 28.4. The predicted molar refractivity (Wildman–Crippen MR) is 165 cm³/mol. The monoisotopic (exact) mass is 554 g/mol. The maximum Gasteiger partial charge on any atom is 0.312 e. The van der Waals surface area contributed by atoms with Crippen LogP contribution in [0, 0.1) is 23.7 Å². The first-order valence-corrected chi connectivity index (χ1v) is 18.5. The molecule has 1 aromatic carbocycles. The van der Waals surface area contributed by atoms with Gasteiger partial charge in [0.05, 0.1) is 11.5 Å². The molecule has 1 aromatic rings. The van der Waals surface area contributed by atoms with Gasteiger partial charge in [-0.1, -0.05) is 118 Å². The number of carbonyl (C=O) groups excluding carboxylic acids is 1. The van der Waals surface area contributed by atoms with Crippen LogP contribution < -0.4 is 0 Å².